The Morgan fingerprint density at radius 1 is 1.04 bits per heavy atom. The fourth-order valence-electron chi connectivity index (χ4n) is 3.16. The summed E-state index contributed by atoms with van der Waals surface area (Å²) >= 11 is 0. The van der Waals surface area contributed by atoms with Crippen molar-refractivity contribution in [1.29, 1.82) is 0 Å². The van der Waals surface area contributed by atoms with Gasteiger partial charge in [0.2, 0.25) is 0 Å². The third kappa shape index (κ3) is 2.66. The van der Waals surface area contributed by atoms with Crippen molar-refractivity contribution in [3.8, 4) is 11.5 Å². The number of hydrogen-bond donors (Lipinski definition) is 0. The van der Waals surface area contributed by atoms with Gasteiger partial charge in [0.25, 0.3) is 11.8 Å². The number of methoxy groups -OCH3 is 1. The number of rotatable bonds is 4. The Bertz CT molecular complexity index is 711. The summed E-state index contributed by atoms with van der Waals surface area (Å²) in [6.07, 6.45) is 2.73. The second-order valence-electron chi connectivity index (χ2n) is 6.23. The lowest BCUT2D eigenvalue weighted by Crippen LogP contribution is -2.32. The summed E-state index contributed by atoms with van der Waals surface area (Å²) < 4.78 is 25.3. The molecule has 0 saturated carbocycles. The number of halogens is 1. The molecule has 1 aromatic rings. The number of ether oxygens (including phenoxy) is 2. The molecule has 0 atom stereocenters. The molecular weight excluding hydrogens is 313 g/mol. The van der Waals surface area contributed by atoms with Gasteiger partial charge in [-0.15, -0.1) is 0 Å². The second kappa shape index (κ2) is 6.26. The Hall–Kier alpha value is -2.37. The van der Waals surface area contributed by atoms with E-state index in [0.29, 0.717) is 24.0 Å². The summed E-state index contributed by atoms with van der Waals surface area (Å²) in [5.41, 5.74) is 0.951. The van der Waals surface area contributed by atoms with E-state index in [1.165, 1.54) is 13.2 Å². The molecule has 0 aromatic heterocycles. The van der Waals surface area contributed by atoms with Crippen molar-refractivity contribution in [3.63, 3.8) is 0 Å². The van der Waals surface area contributed by atoms with Crippen LogP contribution in [0.25, 0.3) is 0 Å². The minimum atomic E-state index is -0.687. The van der Waals surface area contributed by atoms with Gasteiger partial charge in [0, 0.05) is 23.3 Å². The quantitative estimate of drug-likeness (QED) is 0.793. The number of amides is 2. The molecule has 1 aromatic carbocycles. The predicted molar refractivity (Wildman–Crippen MR) is 86.7 cm³/mol. The lowest BCUT2D eigenvalue weighted by Gasteiger charge is -2.19. The SMILES string of the molecule is COc1cc(N2C(=O)C3=C(CCCC3)C2=O)c(F)cc1OC(C)C. The molecule has 6 heteroatoms. The molecular formula is C18H20FNO4. The van der Waals surface area contributed by atoms with Crippen molar-refractivity contribution >= 4 is 17.5 Å². The molecule has 2 amide bonds. The highest BCUT2D eigenvalue weighted by atomic mass is 19.1. The van der Waals surface area contributed by atoms with Crippen LogP contribution in [0.2, 0.25) is 0 Å². The maximum atomic E-state index is 14.6. The number of carbonyl (C=O) groups is 2. The Kier molecular flexibility index (Phi) is 4.30. The van der Waals surface area contributed by atoms with Crippen LogP contribution in [0.1, 0.15) is 39.5 Å². The van der Waals surface area contributed by atoms with Crippen LogP contribution in [-0.2, 0) is 9.59 Å². The monoisotopic (exact) mass is 333 g/mol. The fourth-order valence-corrected chi connectivity index (χ4v) is 3.16. The number of carbonyl (C=O) groups excluding carboxylic acids is 2. The molecule has 0 saturated heterocycles. The summed E-state index contributed by atoms with van der Waals surface area (Å²) in [7, 11) is 1.43. The van der Waals surface area contributed by atoms with Crippen LogP contribution in [0.15, 0.2) is 23.3 Å². The largest absolute Gasteiger partial charge is 0.493 e. The lowest BCUT2D eigenvalue weighted by molar-refractivity contribution is -0.120. The molecule has 24 heavy (non-hydrogen) atoms. The predicted octanol–water partition coefficient (Wildman–Crippen LogP) is 3.37. The molecule has 0 bridgehead atoms. The van der Waals surface area contributed by atoms with Gasteiger partial charge in [0.05, 0.1) is 18.9 Å². The van der Waals surface area contributed by atoms with E-state index in [0.717, 1.165) is 23.8 Å². The van der Waals surface area contributed by atoms with E-state index in [2.05, 4.69) is 0 Å². The van der Waals surface area contributed by atoms with E-state index in [1.807, 2.05) is 13.8 Å². The lowest BCUT2D eigenvalue weighted by atomic mass is 9.93. The van der Waals surface area contributed by atoms with Gasteiger partial charge in [-0.25, -0.2) is 9.29 Å². The zero-order valence-electron chi connectivity index (χ0n) is 14.0. The van der Waals surface area contributed by atoms with Crippen molar-refractivity contribution in [1.82, 2.24) is 0 Å². The standard InChI is InChI=1S/C18H20FNO4/c1-10(2)24-16-8-13(19)14(9-15(16)23-3)20-17(21)11-6-4-5-7-12(11)18(20)22/h8-10H,4-7H2,1-3H3. The van der Waals surface area contributed by atoms with E-state index in [1.54, 1.807) is 0 Å². The summed E-state index contributed by atoms with van der Waals surface area (Å²) in [6.45, 7) is 3.63. The Morgan fingerprint density at radius 2 is 1.62 bits per heavy atom. The van der Waals surface area contributed by atoms with E-state index >= 15 is 0 Å². The topological polar surface area (TPSA) is 55.8 Å². The van der Waals surface area contributed by atoms with Crippen molar-refractivity contribution in [2.45, 2.75) is 45.6 Å². The van der Waals surface area contributed by atoms with Gasteiger partial charge in [-0.2, -0.15) is 0 Å². The summed E-state index contributed by atoms with van der Waals surface area (Å²) in [6, 6.07) is 2.51. The zero-order valence-corrected chi connectivity index (χ0v) is 14.0. The molecule has 0 spiro atoms. The molecule has 3 rings (SSSR count). The van der Waals surface area contributed by atoms with Gasteiger partial charge >= 0.3 is 0 Å². The highest BCUT2D eigenvalue weighted by Gasteiger charge is 2.41. The first-order valence-electron chi connectivity index (χ1n) is 8.09. The van der Waals surface area contributed by atoms with Crippen LogP contribution in [0.4, 0.5) is 10.1 Å². The first-order valence-corrected chi connectivity index (χ1v) is 8.09. The number of nitrogens with zero attached hydrogens (tertiary/aromatic N) is 1. The normalized spacial score (nSPS) is 17.6. The van der Waals surface area contributed by atoms with Crippen LogP contribution in [0.3, 0.4) is 0 Å². The highest BCUT2D eigenvalue weighted by molar-refractivity contribution is 6.33. The molecule has 0 radical (unpaired) electrons. The van der Waals surface area contributed by atoms with Crippen molar-refractivity contribution < 1.29 is 23.5 Å². The summed E-state index contributed by atoms with van der Waals surface area (Å²) in [5, 5.41) is 0. The van der Waals surface area contributed by atoms with Crippen LogP contribution >= 0.6 is 0 Å². The molecule has 5 nitrogen and oxygen atoms in total. The number of anilines is 1. The van der Waals surface area contributed by atoms with Crippen LogP contribution in [-0.4, -0.2) is 25.0 Å². The van der Waals surface area contributed by atoms with Crippen LogP contribution in [0, 0.1) is 5.82 Å². The van der Waals surface area contributed by atoms with Gasteiger partial charge in [-0.3, -0.25) is 9.59 Å². The number of imide groups is 1. The second-order valence-corrected chi connectivity index (χ2v) is 6.23. The molecule has 0 fully saturated rings. The molecule has 0 unspecified atom stereocenters. The Morgan fingerprint density at radius 3 is 2.12 bits per heavy atom. The van der Waals surface area contributed by atoms with E-state index in [4.69, 9.17) is 9.47 Å². The average molecular weight is 333 g/mol. The van der Waals surface area contributed by atoms with Gasteiger partial charge in [-0.05, 0) is 39.5 Å². The molecule has 1 aliphatic heterocycles. The van der Waals surface area contributed by atoms with E-state index in [9.17, 15) is 14.0 Å². The van der Waals surface area contributed by atoms with Gasteiger partial charge in [0.1, 0.15) is 0 Å². The summed E-state index contributed by atoms with van der Waals surface area (Å²) in [4.78, 5) is 26.1. The van der Waals surface area contributed by atoms with Gasteiger partial charge in [0.15, 0.2) is 17.3 Å². The third-order valence-corrected chi connectivity index (χ3v) is 4.23. The number of benzene rings is 1. The van der Waals surface area contributed by atoms with Crippen molar-refractivity contribution in [2.75, 3.05) is 12.0 Å². The first kappa shape index (κ1) is 16.5. The average Bonchev–Trinajstić information content (AvgIpc) is 2.80. The van der Waals surface area contributed by atoms with Crippen LogP contribution in [0.5, 0.6) is 11.5 Å². The molecule has 2 aliphatic rings. The van der Waals surface area contributed by atoms with E-state index < -0.39 is 17.6 Å². The maximum absolute atomic E-state index is 14.6. The van der Waals surface area contributed by atoms with Crippen molar-refractivity contribution in [3.05, 3.63) is 29.1 Å². The third-order valence-electron chi connectivity index (χ3n) is 4.23. The Labute approximate surface area is 140 Å². The zero-order chi connectivity index (χ0) is 17.4. The fraction of sp³-hybridized carbons (Fsp3) is 0.444. The van der Waals surface area contributed by atoms with Gasteiger partial charge < -0.3 is 9.47 Å². The van der Waals surface area contributed by atoms with Crippen LogP contribution < -0.4 is 14.4 Å². The molecule has 1 aliphatic carbocycles. The minimum absolute atomic E-state index is 0.0904. The number of hydrogen-bond acceptors (Lipinski definition) is 4. The molecule has 1 heterocycles. The maximum Gasteiger partial charge on any atom is 0.261 e. The molecule has 0 N–H and O–H groups in total. The highest BCUT2D eigenvalue weighted by Crippen LogP contribution is 2.40. The van der Waals surface area contributed by atoms with Gasteiger partial charge in [-0.1, -0.05) is 0 Å². The first-order chi connectivity index (χ1) is 11.4. The molecule has 128 valence electrons. The minimum Gasteiger partial charge on any atom is -0.493 e. The Balaban J connectivity index is 2.01. The smallest absolute Gasteiger partial charge is 0.261 e. The van der Waals surface area contributed by atoms with Crippen molar-refractivity contribution in [2.24, 2.45) is 0 Å². The van der Waals surface area contributed by atoms with E-state index in [-0.39, 0.29) is 23.3 Å². The summed E-state index contributed by atoms with van der Waals surface area (Å²) in [5.74, 6) is -1.01.